The Morgan fingerprint density at radius 1 is 0.348 bits per heavy atom. The van der Waals surface area contributed by atoms with E-state index in [4.69, 9.17) is 15.2 Å². The molecule has 0 N–H and O–H groups in total. The maximum atomic E-state index is 9.13. The summed E-state index contributed by atoms with van der Waals surface area (Å²) in [5.74, 6) is 0. The molecule has 0 saturated carbocycles. The van der Waals surface area contributed by atoms with E-state index in [1.54, 1.807) is 0 Å². The SMILES string of the molecule is N#Cc1ccc(-c2ccc(-c3ccc(-c4ccc(-c5nc6ccccc6nc5-c5ccccc5)cc4)c4ccccc34)cc2)cc1. The second-order valence-corrected chi connectivity index (χ2v) is 11.3. The van der Waals surface area contributed by atoms with Crippen LogP contribution in [-0.2, 0) is 0 Å². The first-order valence-electron chi connectivity index (χ1n) is 15.3. The minimum absolute atomic E-state index is 0.667. The fourth-order valence-corrected chi connectivity index (χ4v) is 6.19. The summed E-state index contributed by atoms with van der Waals surface area (Å²) < 4.78 is 0. The molecule has 0 aliphatic heterocycles. The highest BCUT2D eigenvalue weighted by atomic mass is 14.8. The van der Waals surface area contributed by atoms with Gasteiger partial charge in [0.2, 0.25) is 0 Å². The van der Waals surface area contributed by atoms with E-state index in [-0.39, 0.29) is 0 Å². The van der Waals surface area contributed by atoms with Crippen molar-refractivity contribution < 1.29 is 0 Å². The smallest absolute Gasteiger partial charge is 0.0991 e. The number of benzene rings is 7. The Bertz CT molecular complexity index is 2390. The van der Waals surface area contributed by atoms with Crippen LogP contribution in [0.1, 0.15) is 5.56 Å². The summed E-state index contributed by atoms with van der Waals surface area (Å²) in [6.45, 7) is 0. The van der Waals surface area contributed by atoms with Gasteiger partial charge in [0.05, 0.1) is 34.1 Å². The third-order valence-corrected chi connectivity index (χ3v) is 8.55. The number of nitriles is 1. The lowest BCUT2D eigenvalue weighted by atomic mass is 9.91. The van der Waals surface area contributed by atoms with Crippen molar-refractivity contribution in [3.05, 3.63) is 169 Å². The Balaban J connectivity index is 1.16. The number of aromatic nitrogens is 2. The molecule has 214 valence electrons. The number of rotatable bonds is 5. The van der Waals surface area contributed by atoms with Gasteiger partial charge in [0.15, 0.2) is 0 Å². The molecule has 0 unspecified atom stereocenters. The van der Waals surface area contributed by atoms with Crippen molar-refractivity contribution in [3.63, 3.8) is 0 Å². The predicted molar refractivity (Wildman–Crippen MR) is 189 cm³/mol. The Morgan fingerprint density at radius 2 is 0.739 bits per heavy atom. The molecular weight excluding hydrogens is 558 g/mol. The van der Waals surface area contributed by atoms with Crippen LogP contribution in [0.4, 0.5) is 0 Å². The van der Waals surface area contributed by atoms with E-state index >= 15 is 0 Å². The molecule has 7 aromatic carbocycles. The highest BCUT2D eigenvalue weighted by molar-refractivity contribution is 6.05. The normalized spacial score (nSPS) is 11.0. The highest BCUT2D eigenvalue weighted by Gasteiger charge is 2.15. The summed E-state index contributed by atoms with van der Waals surface area (Å²) in [4.78, 5) is 10.1. The molecule has 0 aliphatic rings. The molecule has 8 aromatic rings. The summed E-state index contributed by atoms with van der Waals surface area (Å²) >= 11 is 0. The van der Waals surface area contributed by atoms with Gasteiger partial charge in [-0.2, -0.15) is 5.26 Å². The van der Waals surface area contributed by atoms with Gasteiger partial charge in [-0.1, -0.05) is 140 Å². The van der Waals surface area contributed by atoms with Gasteiger partial charge in [-0.3, -0.25) is 0 Å². The third-order valence-electron chi connectivity index (χ3n) is 8.55. The molecule has 1 heterocycles. The van der Waals surface area contributed by atoms with Gasteiger partial charge in [-0.15, -0.1) is 0 Å². The molecule has 3 nitrogen and oxygen atoms in total. The second-order valence-electron chi connectivity index (χ2n) is 11.3. The van der Waals surface area contributed by atoms with Gasteiger partial charge in [0.25, 0.3) is 0 Å². The molecule has 0 spiro atoms. The largest absolute Gasteiger partial charge is 0.244 e. The zero-order valence-corrected chi connectivity index (χ0v) is 24.9. The van der Waals surface area contributed by atoms with E-state index < -0.39 is 0 Å². The van der Waals surface area contributed by atoms with E-state index in [0.717, 1.165) is 50.2 Å². The first-order valence-corrected chi connectivity index (χ1v) is 15.3. The standard InChI is InChI=1S/C43H27N3/c44-28-29-14-16-30(17-15-29)31-18-20-32(21-19-31)36-26-27-37(39-11-5-4-10-38(36)39)33-22-24-35(25-23-33)43-42(34-8-2-1-3-9-34)45-40-12-6-7-13-41(40)46-43/h1-27H. The lowest BCUT2D eigenvalue weighted by Crippen LogP contribution is -1.95. The fourth-order valence-electron chi connectivity index (χ4n) is 6.19. The average Bonchev–Trinajstić information content (AvgIpc) is 3.14. The van der Waals surface area contributed by atoms with Crippen molar-refractivity contribution in [2.45, 2.75) is 0 Å². The predicted octanol–water partition coefficient (Wildman–Crippen LogP) is 11.0. The number of hydrogen-bond donors (Lipinski definition) is 0. The minimum atomic E-state index is 0.667. The third kappa shape index (κ3) is 4.99. The number of nitrogens with zero attached hydrogens (tertiary/aromatic N) is 3. The molecule has 0 amide bonds. The highest BCUT2D eigenvalue weighted by Crippen LogP contribution is 2.38. The summed E-state index contributed by atoms with van der Waals surface area (Å²) in [7, 11) is 0. The molecule has 0 saturated heterocycles. The Labute approximate surface area is 267 Å². The van der Waals surface area contributed by atoms with Crippen LogP contribution in [-0.4, -0.2) is 9.97 Å². The first-order chi connectivity index (χ1) is 22.7. The number of fused-ring (bicyclic) bond motifs is 2. The van der Waals surface area contributed by atoms with Crippen LogP contribution in [0.2, 0.25) is 0 Å². The van der Waals surface area contributed by atoms with Crippen molar-refractivity contribution in [2.24, 2.45) is 0 Å². The Kier molecular flexibility index (Phi) is 6.87. The van der Waals surface area contributed by atoms with Crippen molar-refractivity contribution in [2.75, 3.05) is 0 Å². The van der Waals surface area contributed by atoms with Crippen LogP contribution >= 0.6 is 0 Å². The van der Waals surface area contributed by atoms with E-state index in [1.165, 1.54) is 27.5 Å². The van der Waals surface area contributed by atoms with E-state index in [2.05, 4.69) is 103 Å². The molecule has 8 rings (SSSR count). The zero-order valence-electron chi connectivity index (χ0n) is 24.9. The second kappa shape index (κ2) is 11.6. The van der Waals surface area contributed by atoms with Crippen LogP contribution in [0, 0.1) is 11.3 Å². The van der Waals surface area contributed by atoms with E-state index in [0.29, 0.717) is 5.56 Å². The summed E-state index contributed by atoms with van der Waals surface area (Å²) in [6, 6.07) is 58.6. The Hall–Kier alpha value is -6.37. The van der Waals surface area contributed by atoms with Gasteiger partial charge in [0, 0.05) is 11.1 Å². The molecule has 1 aromatic heterocycles. The van der Waals surface area contributed by atoms with E-state index in [9.17, 15) is 0 Å². The summed E-state index contributed by atoms with van der Waals surface area (Å²) in [5.41, 5.74) is 13.2. The van der Waals surface area contributed by atoms with Crippen molar-refractivity contribution in [1.29, 1.82) is 5.26 Å². The topological polar surface area (TPSA) is 49.6 Å². The van der Waals surface area contributed by atoms with Crippen molar-refractivity contribution >= 4 is 21.8 Å². The van der Waals surface area contributed by atoms with Gasteiger partial charge in [-0.25, -0.2) is 9.97 Å². The fraction of sp³-hybridized carbons (Fsp3) is 0. The zero-order chi connectivity index (χ0) is 30.9. The van der Waals surface area contributed by atoms with Crippen LogP contribution in [0.5, 0.6) is 0 Å². The Morgan fingerprint density at radius 3 is 1.24 bits per heavy atom. The average molecular weight is 586 g/mol. The first kappa shape index (κ1) is 27.2. The lowest BCUT2D eigenvalue weighted by molar-refractivity contribution is 1.29. The monoisotopic (exact) mass is 585 g/mol. The van der Waals surface area contributed by atoms with Crippen molar-refractivity contribution in [1.82, 2.24) is 9.97 Å². The molecule has 3 heteroatoms. The molecule has 46 heavy (non-hydrogen) atoms. The molecule has 0 bridgehead atoms. The summed E-state index contributed by atoms with van der Waals surface area (Å²) in [5, 5.41) is 11.5. The van der Waals surface area contributed by atoms with Crippen molar-refractivity contribution in [3.8, 4) is 62.0 Å². The maximum Gasteiger partial charge on any atom is 0.0991 e. The molecule has 0 radical (unpaired) electrons. The van der Waals surface area contributed by atoms with Crippen LogP contribution in [0.3, 0.4) is 0 Å². The molecule has 0 aliphatic carbocycles. The molecule has 0 fully saturated rings. The summed E-state index contributed by atoms with van der Waals surface area (Å²) in [6.07, 6.45) is 0. The van der Waals surface area contributed by atoms with Crippen LogP contribution in [0.15, 0.2) is 164 Å². The number of hydrogen-bond acceptors (Lipinski definition) is 3. The van der Waals surface area contributed by atoms with E-state index in [1.807, 2.05) is 66.7 Å². The molecular formula is C43H27N3. The van der Waals surface area contributed by atoms with Gasteiger partial charge in [0.1, 0.15) is 0 Å². The maximum absolute atomic E-state index is 9.13. The van der Waals surface area contributed by atoms with Crippen LogP contribution in [0.25, 0.3) is 77.7 Å². The quantitative estimate of drug-likeness (QED) is 0.202. The minimum Gasteiger partial charge on any atom is -0.244 e. The van der Waals surface area contributed by atoms with Gasteiger partial charge in [-0.05, 0) is 68.4 Å². The van der Waals surface area contributed by atoms with Gasteiger partial charge < -0.3 is 0 Å². The number of para-hydroxylation sites is 2. The molecule has 0 atom stereocenters. The van der Waals surface area contributed by atoms with Crippen LogP contribution < -0.4 is 0 Å². The van der Waals surface area contributed by atoms with Gasteiger partial charge >= 0.3 is 0 Å². The lowest BCUT2D eigenvalue weighted by Gasteiger charge is -2.14.